The molecule has 0 aromatic heterocycles. The van der Waals surface area contributed by atoms with Gasteiger partial charge in [0, 0.05) is 25.7 Å². The highest BCUT2D eigenvalue weighted by Crippen LogP contribution is 2.50. The van der Waals surface area contributed by atoms with Crippen LogP contribution < -0.4 is 23.8 Å². The van der Waals surface area contributed by atoms with Gasteiger partial charge in [0.05, 0.1) is 31.9 Å². The van der Waals surface area contributed by atoms with Crippen molar-refractivity contribution in [3.63, 3.8) is 0 Å². The Bertz CT molecular complexity index is 1040. The topological polar surface area (TPSA) is 97.4 Å². The van der Waals surface area contributed by atoms with E-state index in [1.165, 1.54) is 44.4 Å². The van der Waals surface area contributed by atoms with E-state index in [9.17, 15) is 13.2 Å². The lowest BCUT2D eigenvalue weighted by molar-refractivity contribution is 0.220. The van der Waals surface area contributed by atoms with Crippen LogP contribution in [-0.4, -0.2) is 60.3 Å². The van der Waals surface area contributed by atoms with Crippen molar-refractivity contribution in [3.05, 3.63) is 36.4 Å². The molecule has 2 aromatic rings. The number of rotatable bonds is 9. The highest BCUT2D eigenvalue weighted by atomic mass is 32.2. The van der Waals surface area contributed by atoms with Gasteiger partial charge in [-0.25, -0.2) is 13.2 Å². The van der Waals surface area contributed by atoms with Gasteiger partial charge in [0.2, 0.25) is 5.75 Å². The van der Waals surface area contributed by atoms with Gasteiger partial charge in [0.25, 0.3) is 10.0 Å². The summed E-state index contributed by atoms with van der Waals surface area (Å²) < 4.78 is 45.1. The summed E-state index contributed by atoms with van der Waals surface area (Å²) in [4.78, 5) is 16.4. The minimum Gasteiger partial charge on any atom is -0.493 e. The molecule has 0 radical (unpaired) electrons. The zero-order valence-electron chi connectivity index (χ0n) is 18.0. The molecule has 1 N–H and O–H groups in total. The monoisotopic (exact) mass is 449 g/mol. The number of sulfonamides is 1. The number of hydrogen-bond donors (Lipinski definition) is 1. The Hall–Kier alpha value is -3.14. The van der Waals surface area contributed by atoms with Crippen LogP contribution in [0.4, 0.5) is 16.2 Å². The third-order valence-corrected chi connectivity index (χ3v) is 6.34. The van der Waals surface area contributed by atoms with Crippen molar-refractivity contribution in [1.82, 2.24) is 4.90 Å². The minimum atomic E-state index is -3.93. The van der Waals surface area contributed by atoms with E-state index in [1.807, 2.05) is 6.92 Å². The van der Waals surface area contributed by atoms with Crippen LogP contribution in [0.3, 0.4) is 0 Å². The molecule has 1 heterocycles. The van der Waals surface area contributed by atoms with Crippen molar-refractivity contribution in [2.75, 3.05) is 50.6 Å². The van der Waals surface area contributed by atoms with Crippen LogP contribution in [0.25, 0.3) is 0 Å². The summed E-state index contributed by atoms with van der Waals surface area (Å²) in [7, 11) is 0.394. The van der Waals surface area contributed by atoms with Crippen molar-refractivity contribution < 1.29 is 27.4 Å². The lowest BCUT2D eigenvalue weighted by Crippen LogP contribution is -2.33. The molecule has 10 heteroatoms. The fraction of sp³-hybridized carbons (Fsp3) is 0.381. The Kier molecular flexibility index (Phi) is 6.79. The number of benzene rings is 2. The third kappa shape index (κ3) is 4.34. The van der Waals surface area contributed by atoms with E-state index in [-0.39, 0.29) is 39.5 Å². The molecule has 1 fully saturated rings. The molecule has 31 heavy (non-hydrogen) atoms. The van der Waals surface area contributed by atoms with E-state index >= 15 is 0 Å². The molecule has 0 atom stereocenters. The van der Waals surface area contributed by atoms with Crippen molar-refractivity contribution in [2.45, 2.75) is 18.2 Å². The first-order chi connectivity index (χ1) is 14.9. The standard InChI is InChI=1S/C21H27N3O6S/c1-5-11-23-12-13-24(21(23)25)18-16(14-17(28-2)19(29-3)20(18)30-4)22-31(26,27)15-9-7-6-8-10-15/h6-10,14,22H,5,11-13H2,1-4H3. The van der Waals surface area contributed by atoms with E-state index in [0.717, 1.165) is 6.42 Å². The lowest BCUT2D eigenvalue weighted by Gasteiger charge is -2.26. The first kappa shape index (κ1) is 22.5. The van der Waals surface area contributed by atoms with Crippen LogP contribution >= 0.6 is 0 Å². The van der Waals surface area contributed by atoms with Gasteiger partial charge in [-0.05, 0) is 18.6 Å². The first-order valence-electron chi connectivity index (χ1n) is 9.85. The van der Waals surface area contributed by atoms with Crippen molar-refractivity contribution in [2.24, 2.45) is 0 Å². The van der Waals surface area contributed by atoms with E-state index in [2.05, 4.69) is 4.72 Å². The van der Waals surface area contributed by atoms with Gasteiger partial charge in [0.15, 0.2) is 11.5 Å². The molecule has 9 nitrogen and oxygen atoms in total. The Morgan fingerprint density at radius 1 is 1.00 bits per heavy atom. The van der Waals surface area contributed by atoms with Gasteiger partial charge in [-0.2, -0.15) is 0 Å². The third-order valence-electron chi connectivity index (χ3n) is 4.96. The van der Waals surface area contributed by atoms with E-state index in [1.54, 1.807) is 23.1 Å². The molecule has 2 amide bonds. The molecule has 1 aliphatic heterocycles. The predicted molar refractivity (Wildman–Crippen MR) is 118 cm³/mol. The largest absolute Gasteiger partial charge is 0.493 e. The summed E-state index contributed by atoms with van der Waals surface area (Å²) in [5.74, 6) is 0.745. The number of anilines is 2. The summed E-state index contributed by atoms with van der Waals surface area (Å²) in [6, 6.07) is 9.25. The van der Waals surface area contributed by atoms with Crippen LogP contribution in [0.2, 0.25) is 0 Å². The zero-order chi connectivity index (χ0) is 22.6. The highest BCUT2D eigenvalue weighted by molar-refractivity contribution is 7.92. The summed E-state index contributed by atoms with van der Waals surface area (Å²) in [6.07, 6.45) is 0.816. The van der Waals surface area contributed by atoms with Crippen LogP contribution in [-0.2, 0) is 10.0 Å². The van der Waals surface area contributed by atoms with Gasteiger partial charge in [0.1, 0.15) is 5.69 Å². The SMILES string of the molecule is CCCN1CCN(c2c(NS(=O)(=O)c3ccccc3)cc(OC)c(OC)c2OC)C1=O. The predicted octanol–water partition coefficient (Wildman–Crippen LogP) is 3.17. The number of nitrogens with one attached hydrogen (secondary N) is 1. The highest BCUT2D eigenvalue weighted by Gasteiger charge is 2.36. The molecular formula is C21H27N3O6S. The number of ether oxygens (including phenoxy) is 3. The summed E-state index contributed by atoms with van der Waals surface area (Å²) in [5.41, 5.74) is 0.438. The Balaban J connectivity index is 2.17. The zero-order valence-corrected chi connectivity index (χ0v) is 18.9. The van der Waals surface area contributed by atoms with Crippen LogP contribution in [0.1, 0.15) is 13.3 Å². The van der Waals surface area contributed by atoms with Crippen LogP contribution in [0.15, 0.2) is 41.3 Å². The Labute approximate surface area is 182 Å². The van der Waals surface area contributed by atoms with Crippen molar-refractivity contribution in [1.29, 1.82) is 0 Å². The van der Waals surface area contributed by atoms with Crippen LogP contribution in [0, 0.1) is 0 Å². The Morgan fingerprint density at radius 3 is 2.26 bits per heavy atom. The molecule has 0 bridgehead atoms. The van der Waals surface area contributed by atoms with Gasteiger partial charge in [-0.15, -0.1) is 0 Å². The molecule has 2 aromatic carbocycles. The number of amides is 2. The number of nitrogens with zero attached hydrogens (tertiary/aromatic N) is 2. The Morgan fingerprint density at radius 2 is 1.68 bits per heavy atom. The number of carbonyl (C=O) groups excluding carboxylic acids is 1. The number of hydrogen-bond acceptors (Lipinski definition) is 6. The van der Waals surface area contributed by atoms with Crippen LogP contribution in [0.5, 0.6) is 17.2 Å². The maximum absolute atomic E-state index is 13.1. The summed E-state index contributed by atoms with van der Waals surface area (Å²) in [6.45, 7) is 3.50. The maximum atomic E-state index is 13.1. The average molecular weight is 450 g/mol. The van der Waals surface area contributed by atoms with E-state index in [4.69, 9.17) is 14.2 Å². The first-order valence-corrected chi connectivity index (χ1v) is 11.3. The number of urea groups is 1. The summed E-state index contributed by atoms with van der Waals surface area (Å²) in [5, 5.41) is 0. The molecule has 168 valence electrons. The molecule has 1 saturated heterocycles. The number of methoxy groups -OCH3 is 3. The molecule has 0 spiro atoms. The summed E-state index contributed by atoms with van der Waals surface area (Å²) >= 11 is 0. The number of carbonyl (C=O) groups is 1. The fourth-order valence-electron chi connectivity index (χ4n) is 3.56. The normalized spacial score (nSPS) is 14.0. The average Bonchev–Trinajstić information content (AvgIpc) is 3.13. The van der Waals surface area contributed by atoms with Gasteiger partial charge in [-0.1, -0.05) is 25.1 Å². The molecule has 3 rings (SSSR count). The van der Waals surface area contributed by atoms with Gasteiger partial charge in [-0.3, -0.25) is 9.62 Å². The molecule has 0 unspecified atom stereocenters. The second-order valence-corrected chi connectivity index (χ2v) is 8.56. The molecular weight excluding hydrogens is 422 g/mol. The lowest BCUT2D eigenvalue weighted by atomic mass is 10.2. The van der Waals surface area contributed by atoms with E-state index in [0.29, 0.717) is 19.6 Å². The second kappa shape index (κ2) is 9.34. The smallest absolute Gasteiger partial charge is 0.324 e. The molecule has 0 aliphatic carbocycles. The van der Waals surface area contributed by atoms with Gasteiger partial charge >= 0.3 is 6.03 Å². The van der Waals surface area contributed by atoms with Crippen molar-refractivity contribution >= 4 is 27.4 Å². The molecule has 1 aliphatic rings. The fourth-order valence-corrected chi connectivity index (χ4v) is 4.64. The second-order valence-electron chi connectivity index (χ2n) is 6.88. The maximum Gasteiger partial charge on any atom is 0.324 e. The minimum absolute atomic E-state index is 0.0926. The van der Waals surface area contributed by atoms with E-state index < -0.39 is 10.0 Å². The quantitative estimate of drug-likeness (QED) is 0.632. The molecule has 0 saturated carbocycles. The van der Waals surface area contributed by atoms with Gasteiger partial charge < -0.3 is 19.1 Å². The van der Waals surface area contributed by atoms with Crippen molar-refractivity contribution in [3.8, 4) is 17.2 Å².